The average molecular weight is 316 g/mol. The summed E-state index contributed by atoms with van der Waals surface area (Å²) in [5, 5.41) is 20.3. The topological polar surface area (TPSA) is 40.5 Å². The molecule has 0 saturated heterocycles. The molecule has 4 aliphatic carbocycles. The highest BCUT2D eigenvalue weighted by atomic mass is 16.3. The number of aliphatic hydroxyl groups excluding tert-OH is 2. The zero-order valence-corrected chi connectivity index (χ0v) is 14.9. The van der Waals surface area contributed by atoms with Crippen LogP contribution in [-0.2, 0) is 0 Å². The Balaban J connectivity index is 1.66. The lowest BCUT2D eigenvalue weighted by Crippen LogP contribution is -2.50. The van der Waals surface area contributed by atoms with Gasteiger partial charge in [-0.1, -0.05) is 31.6 Å². The first-order chi connectivity index (χ1) is 10.9. The Labute approximate surface area is 140 Å². The SMILES string of the molecule is C[C@@H](O)C1=CC[C@@H]2[C@H]3CC=C4C[C@@H](O)CC[C@]4(C)[C@@H]3CC[C@]12C. The highest BCUT2D eigenvalue weighted by Gasteiger charge is 2.56. The first kappa shape index (κ1) is 15.9. The predicted octanol–water partition coefficient (Wildman–Crippen LogP) is 4.23. The molecular formula is C21H32O2. The number of aliphatic hydroxyl groups is 2. The highest BCUT2D eigenvalue weighted by molar-refractivity contribution is 5.31. The summed E-state index contributed by atoms with van der Waals surface area (Å²) in [4.78, 5) is 0. The lowest BCUT2D eigenvalue weighted by molar-refractivity contribution is -0.0339. The fourth-order valence-corrected chi connectivity index (χ4v) is 6.89. The third-order valence-electron chi connectivity index (χ3n) is 8.17. The summed E-state index contributed by atoms with van der Waals surface area (Å²) in [6, 6.07) is 0. The lowest BCUT2D eigenvalue weighted by Gasteiger charge is -2.58. The molecule has 2 saturated carbocycles. The minimum Gasteiger partial charge on any atom is -0.393 e. The molecule has 128 valence electrons. The Morgan fingerprint density at radius 1 is 1.04 bits per heavy atom. The van der Waals surface area contributed by atoms with Gasteiger partial charge in [-0.05, 0) is 86.0 Å². The Morgan fingerprint density at radius 2 is 1.78 bits per heavy atom. The van der Waals surface area contributed by atoms with Crippen molar-refractivity contribution in [2.75, 3.05) is 0 Å². The maximum Gasteiger partial charge on any atom is 0.0727 e. The summed E-state index contributed by atoms with van der Waals surface area (Å²) in [7, 11) is 0. The summed E-state index contributed by atoms with van der Waals surface area (Å²) < 4.78 is 0. The molecule has 0 unspecified atom stereocenters. The summed E-state index contributed by atoms with van der Waals surface area (Å²) in [5.74, 6) is 2.23. The molecule has 4 rings (SSSR count). The van der Waals surface area contributed by atoms with Gasteiger partial charge in [-0.2, -0.15) is 0 Å². The number of fused-ring (bicyclic) bond motifs is 5. The van der Waals surface area contributed by atoms with E-state index in [1.807, 2.05) is 6.92 Å². The molecule has 4 aliphatic rings. The van der Waals surface area contributed by atoms with Crippen molar-refractivity contribution in [3.63, 3.8) is 0 Å². The van der Waals surface area contributed by atoms with E-state index in [1.54, 1.807) is 5.57 Å². The minimum atomic E-state index is -0.295. The predicted molar refractivity (Wildman–Crippen MR) is 92.9 cm³/mol. The van der Waals surface area contributed by atoms with Crippen LogP contribution in [0.15, 0.2) is 23.3 Å². The van der Waals surface area contributed by atoms with Gasteiger partial charge in [-0.25, -0.2) is 0 Å². The highest BCUT2D eigenvalue weighted by Crippen LogP contribution is 2.65. The van der Waals surface area contributed by atoms with Gasteiger partial charge in [0.25, 0.3) is 0 Å². The van der Waals surface area contributed by atoms with Crippen molar-refractivity contribution in [3.05, 3.63) is 23.3 Å². The van der Waals surface area contributed by atoms with Crippen LogP contribution >= 0.6 is 0 Å². The Morgan fingerprint density at radius 3 is 2.52 bits per heavy atom. The minimum absolute atomic E-state index is 0.116. The monoisotopic (exact) mass is 316 g/mol. The van der Waals surface area contributed by atoms with Crippen molar-refractivity contribution >= 4 is 0 Å². The number of hydrogen-bond acceptors (Lipinski definition) is 2. The largest absolute Gasteiger partial charge is 0.393 e. The normalized spacial score (nSPS) is 50.3. The standard InChI is InChI=1S/C21H32O2/c1-13(22)17-6-7-18-16-5-4-14-12-15(23)8-10-20(14,2)19(16)9-11-21(17,18)3/h4,6,13,15-16,18-19,22-23H,5,7-12H2,1-3H3/t13-,15+,16-,18-,19-,20+,21-/m1/s1. The Kier molecular flexibility index (Phi) is 3.59. The molecule has 0 heterocycles. The van der Waals surface area contributed by atoms with Gasteiger partial charge in [-0.3, -0.25) is 0 Å². The van der Waals surface area contributed by atoms with E-state index in [2.05, 4.69) is 26.0 Å². The lowest BCUT2D eigenvalue weighted by atomic mass is 9.47. The molecule has 7 atom stereocenters. The van der Waals surface area contributed by atoms with Gasteiger partial charge in [0.2, 0.25) is 0 Å². The Bertz CT molecular complexity index is 560. The first-order valence-electron chi connectivity index (χ1n) is 9.62. The maximum absolute atomic E-state index is 10.2. The second-order valence-electron chi connectivity index (χ2n) is 9.18. The van der Waals surface area contributed by atoms with Crippen LogP contribution in [0.2, 0.25) is 0 Å². The quantitative estimate of drug-likeness (QED) is 0.711. The smallest absolute Gasteiger partial charge is 0.0727 e. The van der Waals surface area contributed by atoms with E-state index in [0.717, 1.165) is 37.5 Å². The molecule has 2 fully saturated rings. The van der Waals surface area contributed by atoms with E-state index >= 15 is 0 Å². The van der Waals surface area contributed by atoms with Crippen LogP contribution in [-0.4, -0.2) is 22.4 Å². The van der Waals surface area contributed by atoms with Gasteiger partial charge >= 0.3 is 0 Å². The van der Waals surface area contributed by atoms with Crippen molar-refractivity contribution < 1.29 is 10.2 Å². The van der Waals surface area contributed by atoms with Crippen LogP contribution in [0, 0.1) is 28.6 Å². The third-order valence-corrected chi connectivity index (χ3v) is 8.17. The Hall–Kier alpha value is -0.600. The molecule has 2 N–H and O–H groups in total. The van der Waals surface area contributed by atoms with Crippen LogP contribution in [0.3, 0.4) is 0 Å². The average Bonchev–Trinajstić information content (AvgIpc) is 2.85. The molecule has 0 bridgehead atoms. The fraction of sp³-hybridized carbons (Fsp3) is 0.810. The van der Waals surface area contributed by atoms with Crippen LogP contribution in [0.25, 0.3) is 0 Å². The van der Waals surface area contributed by atoms with E-state index in [9.17, 15) is 10.2 Å². The van der Waals surface area contributed by atoms with Crippen LogP contribution in [0.4, 0.5) is 0 Å². The van der Waals surface area contributed by atoms with Crippen molar-refractivity contribution in [2.45, 2.75) is 77.9 Å². The molecule has 0 aliphatic heterocycles. The summed E-state index contributed by atoms with van der Waals surface area (Å²) >= 11 is 0. The molecule has 0 aromatic heterocycles. The van der Waals surface area contributed by atoms with Crippen LogP contribution in [0.5, 0.6) is 0 Å². The summed E-state index contributed by atoms with van der Waals surface area (Å²) in [6.07, 6.45) is 12.3. The van der Waals surface area contributed by atoms with Gasteiger partial charge in [0, 0.05) is 0 Å². The van der Waals surface area contributed by atoms with Crippen LogP contribution < -0.4 is 0 Å². The van der Waals surface area contributed by atoms with Crippen molar-refractivity contribution in [1.29, 1.82) is 0 Å². The van der Waals surface area contributed by atoms with E-state index in [-0.39, 0.29) is 17.6 Å². The second kappa shape index (κ2) is 5.20. The number of hydrogen-bond donors (Lipinski definition) is 2. The van der Waals surface area contributed by atoms with Gasteiger partial charge in [0.1, 0.15) is 0 Å². The van der Waals surface area contributed by atoms with E-state index in [1.165, 1.54) is 24.8 Å². The van der Waals surface area contributed by atoms with Crippen molar-refractivity contribution in [1.82, 2.24) is 0 Å². The van der Waals surface area contributed by atoms with Gasteiger partial charge in [0.05, 0.1) is 12.2 Å². The summed E-state index contributed by atoms with van der Waals surface area (Å²) in [6.45, 7) is 6.82. The van der Waals surface area contributed by atoms with E-state index in [4.69, 9.17) is 0 Å². The van der Waals surface area contributed by atoms with Gasteiger partial charge in [0.15, 0.2) is 0 Å². The van der Waals surface area contributed by atoms with E-state index in [0.29, 0.717) is 11.3 Å². The first-order valence-corrected chi connectivity index (χ1v) is 9.62. The number of rotatable bonds is 1. The zero-order valence-electron chi connectivity index (χ0n) is 14.9. The molecule has 0 aromatic carbocycles. The molecule has 2 nitrogen and oxygen atoms in total. The second-order valence-corrected chi connectivity index (χ2v) is 9.18. The van der Waals surface area contributed by atoms with Crippen molar-refractivity contribution in [3.8, 4) is 0 Å². The molecular weight excluding hydrogens is 284 g/mol. The zero-order chi connectivity index (χ0) is 16.4. The van der Waals surface area contributed by atoms with Gasteiger partial charge in [-0.15, -0.1) is 0 Å². The van der Waals surface area contributed by atoms with Gasteiger partial charge < -0.3 is 10.2 Å². The molecule has 0 spiro atoms. The molecule has 23 heavy (non-hydrogen) atoms. The fourth-order valence-electron chi connectivity index (χ4n) is 6.89. The third kappa shape index (κ3) is 2.14. The molecule has 0 aromatic rings. The maximum atomic E-state index is 10.2. The van der Waals surface area contributed by atoms with E-state index < -0.39 is 0 Å². The molecule has 0 amide bonds. The number of allylic oxidation sites excluding steroid dienone is 2. The molecule has 0 radical (unpaired) electrons. The summed E-state index contributed by atoms with van der Waals surface area (Å²) in [5.41, 5.74) is 3.38. The molecule has 2 heteroatoms. The van der Waals surface area contributed by atoms with Crippen molar-refractivity contribution in [2.24, 2.45) is 28.6 Å². The van der Waals surface area contributed by atoms with Crippen LogP contribution in [0.1, 0.15) is 65.7 Å².